The predicted octanol–water partition coefficient (Wildman–Crippen LogP) is 10.1. The fraction of sp³-hybridized carbons (Fsp3) is 0.592. The van der Waals surface area contributed by atoms with Crippen molar-refractivity contribution in [1.29, 1.82) is 0 Å². The summed E-state index contributed by atoms with van der Waals surface area (Å²) in [7, 11) is -0.675. The van der Waals surface area contributed by atoms with Crippen molar-refractivity contribution in [3.63, 3.8) is 0 Å². The highest BCUT2D eigenvalue weighted by atomic mass is 28.3. The zero-order chi connectivity index (χ0) is 45.0. The van der Waals surface area contributed by atoms with Crippen LogP contribution < -0.4 is 14.4 Å². The van der Waals surface area contributed by atoms with Gasteiger partial charge in [-0.2, -0.15) is 9.97 Å². The Morgan fingerprint density at radius 2 is 1.67 bits per heavy atom. The van der Waals surface area contributed by atoms with Crippen molar-refractivity contribution in [1.82, 2.24) is 24.8 Å². The van der Waals surface area contributed by atoms with E-state index in [4.69, 9.17) is 33.9 Å². The number of alkyl halides is 1. The summed E-state index contributed by atoms with van der Waals surface area (Å²) in [6.07, 6.45) is 2.75. The number of piperazine rings is 1. The number of aromatic nitrogens is 3. The summed E-state index contributed by atoms with van der Waals surface area (Å²) < 4.78 is 54.9. The standard InChI is InChI=1S/C49H64F2N6O5Si/c1-30(2)63(31(3)4,32(5)6)21-18-38-41(51)16-12-33-22-37(61-29-59-10)23-40(43(33)38)42-17-15-39-44(52-42)53-46(60-28-49-19-11-20-56(49)25-34(50)24-49)54-45(39)55-26-35-13-14-36(27-55)57(35)47(58)62-48(7,8)9/h12,15-17,22-23,30-32,34-36H,11,13-14,19-20,24-29H2,1-10H3/t34-,35?,36?,49+/m1/s1. The molecule has 2 aromatic carbocycles. The van der Waals surface area contributed by atoms with E-state index in [0.717, 1.165) is 37.6 Å². The number of fused-ring (bicyclic) bond motifs is 5. The van der Waals surface area contributed by atoms with Crippen LogP contribution in [0.1, 0.15) is 100.0 Å². The van der Waals surface area contributed by atoms with Gasteiger partial charge in [0, 0.05) is 44.1 Å². The summed E-state index contributed by atoms with van der Waals surface area (Å²) >= 11 is 0. The second-order valence-corrected chi connectivity index (χ2v) is 25.7. The molecule has 0 radical (unpaired) electrons. The van der Waals surface area contributed by atoms with Crippen molar-refractivity contribution in [3.05, 3.63) is 47.8 Å². The SMILES string of the molecule is COCOc1cc(-c2ccc3c(N4CC5CCC(C4)N5C(=O)OC(C)(C)C)nc(OC[C@@]45CCCN4C[C@H](F)C5)nc3n2)c2c(C#C[Si](C(C)C)(C(C)C)C(C)C)c(F)ccc2c1. The Hall–Kier alpha value is -4.58. The Morgan fingerprint density at radius 1 is 0.952 bits per heavy atom. The summed E-state index contributed by atoms with van der Waals surface area (Å²) in [5.41, 5.74) is 5.75. The van der Waals surface area contributed by atoms with E-state index in [1.54, 1.807) is 13.2 Å². The molecule has 0 saturated carbocycles. The summed E-state index contributed by atoms with van der Waals surface area (Å²) in [5.74, 6) is 4.23. The van der Waals surface area contributed by atoms with Crippen molar-refractivity contribution >= 4 is 41.8 Å². The number of hydrogen-bond acceptors (Lipinski definition) is 10. The summed E-state index contributed by atoms with van der Waals surface area (Å²) in [5, 5.41) is 2.11. The molecule has 11 nitrogen and oxygen atoms in total. The second-order valence-electron chi connectivity index (χ2n) is 20.1. The fourth-order valence-corrected chi connectivity index (χ4v) is 16.5. The third kappa shape index (κ3) is 8.57. The number of rotatable bonds is 11. The van der Waals surface area contributed by atoms with E-state index in [2.05, 4.69) is 62.8 Å². The molecule has 4 aromatic rings. The molecule has 4 aliphatic heterocycles. The van der Waals surface area contributed by atoms with Gasteiger partial charge in [-0.05, 0) is 105 Å². The highest BCUT2D eigenvalue weighted by molar-refractivity contribution is 6.90. The van der Waals surface area contributed by atoms with E-state index in [9.17, 15) is 9.18 Å². The van der Waals surface area contributed by atoms with Crippen molar-refractivity contribution in [2.45, 2.75) is 140 Å². The molecule has 63 heavy (non-hydrogen) atoms. The molecule has 0 spiro atoms. The topological polar surface area (TPSA) is 102 Å². The van der Waals surface area contributed by atoms with Gasteiger partial charge in [0.25, 0.3) is 0 Å². The molecular formula is C49H64F2N6O5Si. The van der Waals surface area contributed by atoms with Crippen molar-refractivity contribution < 1.29 is 32.5 Å². The quantitative estimate of drug-likeness (QED) is 0.0822. The number of carbonyl (C=O) groups excluding carboxylic acids is 1. The van der Waals surface area contributed by atoms with Gasteiger partial charge in [-0.15, -0.1) is 5.54 Å². The highest BCUT2D eigenvalue weighted by Gasteiger charge is 2.50. The minimum absolute atomic E-state index is 0.0256. The van der Waals surface area contributed by atoms with E-state index in [0.29, 0.717) is 87.5 Å². The third-order valence-electron chi connectivity index (χ3n) is 14.1. The molecule has 4 fully saturated rings. The summed E-state index contributed by atoms with van der Waals surface area (Å²) in [6.45, 7) is 21.8. The first-order valence-electron chi connectivity index (χ1n) is 22.8. The number of pyridine rings is 1. The molecule has 1 amide bonds. The second kappa shape index (κ2) is 17.4. The highest BCUT2D eigenvalue weighted by Crippen LogP contribution is 2.44. The largest absolute Gasteiger partial charge is 0.468 e. The van der Waals surface area contributed by atoms with Gasteiger partial charge in [-0.1, -0.05) is 53.5 Å². The molecule has 6 heterocycles. The number of benzene rings is 2. The van der Waals surface area contributed by atoms with Crippen LogP contribution in [0.15, 0.2) is 36.4 Å². The molecule has 4 aliphatic rings. The summed E-state index contributed by atoms with van der Waals surface area (Å²) in [4.78, 5) is 35.0. The Bertz CT molecular complexity index is 2400. The van der Waals surface area contributed by atoms with Gasteiger partial charge in [-0.25, -0.2) is 18.6 Å². The Morgan fingerprint density at radius 3 is 2.33 bits per heavy atom. The smallest absolute Gasteiger partial charge is 0.410 e. The maximum absolute atomic E-state index is 16.4. The lowest BCUT2D eigenvalue weighted by molar-refractivity contribution is 0.0122. The minimum Gasteiger partial charge on any atom is -0.468 e. The zero-order valence-corrected chi connectivity index (χ0v) is 39.7. The van der Waals surface area contributed by atoms with Crippen LogP contribution in [0.2, 0.25) is 16.6 Å². The normalized spacial score (nSPS) is 22.7. The lowest BCUT2D eigenvalue weighted by Crippen LogP contribution is -2.57. The van der Waals surface area contributed by atoms with E-state index in [-0.39, 0.29) is 37.6 Å². The zero-order valence-electron chi connectivity index (χ0n) is 38.7. The van der Waals surface area contributed by atoms with Gasteiger partial charge < -0.3 is 23.8 Å². The van der Waals surface area contributed by atoms with E-state index >= 15 is 4.39 Å². The van der Waals surface area contributed by atoms with E-state index < -0.39 is 31.2 Å². The van der Waals surface area contributed by atoms with Crippen LogP contribution in [0.25, 0.3) is 33.1 Å². The molecule has 14 heteroatoms. The fourth-order valence-electron chi connectivity index (χ4n) is 11.3. The Labute approximate surface area is 372 Å². The summed E-state index contributed by atoms with van der Waals surface area (Å²) in [6, 6.07) is 10.9. The first-order chi connectivity index (χ1) is 29.9. The number of nitrogens with zero attached hydrogens (tertiary/aromatic N) is 6. The van der Waals surface area contributed by atoms with E-state index in [1.807, 2.05) is 49.9 Å². The number of carbonyl (C=O) groups is 1. The molecule has 338 valence electrons. The van der Waals surface area contributed by atoms with E-state index in [1.165, 1.54) is 6.07 Å². The number of amides is 1. The molecule has 0 N–H and O–H groups in total. The molecule has 4 saturated heterocycles. The molecule has 4 atom stereocenters. The molecule has 2 unspecified atom stereocenters. The maximum Gasteiger partial charge on any atom is 0.410 e. The first-order valence-corrected chi connectivity index (χ1v) is 25.0. The van der Waals surface area contributed by atoms with Crippen LogP contribution in [0.3, 0.4) is 0 Å². The van der Waals surface area contributed by atoms with Gasteiger partial charge in [0.1, 0.15) is 43.8 Å². The molecule has 0 aliphatic carbocycles. The van der Waals surface area contributed by atoms with Crippen LogP contribution >= 0.6 is 0 Å². The van der Waals surface area contributed by atoms with Crippen molar-refractivity contribution in [2.24, 2.45) is 0 Å². The van der Waals surface area contributed by atoms with Gasteiger partial charge in [-0.3, -0.25) is 9.80 Å². The Balaban J connectivity index is 1.26. The van der Waals surface area contributed by atoms with Gasteiger partial charge in [0.05, 0.1) is 34.3 Å². The van der Waals surface area contributed by atoms with Crippen LogP contribution in [-0.2, 0) is 9.47 Å². The van der Waals surface area contributed by atoms with Crippen molar-refractivity contribution in [2.75, 3.05) is 51.6 Å². The Kier molecular flexibility index (Phi) is 12.4. The lowest BCUT2D eigenvalue weighted by atomic mass is 9.95. The van der Waals surface area contributed by atoms with Crippen molar-refractivity contribution in [3.8, 4) is 34.5 Å². The van der Waals surface area contributed by atoms with Crippen LogP contribution in [0, 0.1) is 17.3 Å². The molecule has 2 bridgehead atoms. The van der Waals surface area contributed by atoms with Gasteiger partial charge in [0.2, 0.25) is 0 Å². The van der Waals surface area contributed by atoms with Crippen LogP contribution in [-0.4, -0.2) is 115 Å². The average molecular weight is 883 g/mol. The number of anilines is 1. The monoisotopic (exact) mass is 882 g/mol. The molecule has 2 aromatic heterocycles. The third-order valence-corrected chi connectivity index (χ3v) is 20.4. The predicted molar refractivity (Wildman–Crippen MR) is 246 cm³/mol. The molecular weight excluding hydrogens is 819 g/mol. The number of methoxy groups -OCH3 is 1. The number of halogens is 2. The average Bonchev–Trinajstić information content (AvgIpc) is 3.84. The number of hydrogen-bond donors (Lipinski definition) is 0. The minimum atomic E-state index is -2.24. The lowest BCUT2D eigenvalue weighted by Gasteiger charge is -2.42. The van der Waals surface area contributed by atoms with Gasteiger partial charge in [0.15, 0.2) is 12.4 Å². The first kappa shape index (κ1) is 45.0. The molecule has 8 rings (SSSR count). The van der Waals surface area contributed by atoms with Crippen LogP contribution in [0.5, 0.6) is 11.8 Å². The van der Waals surface area contributed by atoms with Gasteiger partial charge >= 0.3 is 12.1 Å². The van der Waals surface area contributed by atoms with Crippen LogP contribution in [0.4, 0.5) is 19.4 Å². The maximum atomic E-state index is 16.4. The number of ether oxygens (including phenoxy) is 4.